The largest absolute Gasteiger partial charge is 0.496 e. The Morgan fingerprint density at radius 1 is 1.12 bits per heavy atom. The molecule has 10 heteroatoms. The van der Waals surface area contributed by atoms with Gasteiger partial charge in [0, 0.05) is 0 Å². The molecule has 0 aromatic heterocycles. The van der Waals surface area contributed by atoms with Gasteiger partial charge in [-0.1, -0.05) is 12.1 Å². The second kappa shape index (κ2) is 9.09. The minimum Gasteiger partial charge on any atom is -0.496 e. The second-order valence-electron chi connectivity index (χ2n) is 4.93. The molecule has 2 rings (SSSR count). The molecule has 0 spiro atoms. The van der Waals surface area contributed by atoms with Crippen molar-refractivity contribution in [3.63, 3.8) is 0 Å². The van der Waals surface area contributed by atoms with Crippen LogP contribution < -0.4 is 14.4 Å². The van der Waals surface area contributed by atoms with Crippen molar-refractivity contribution in [1.82, 2.24) is 0 Å². The Bertz CT molecular complexity index is 846. The predicted octanol–water partition coefficient (Wildman–Crippen LogP) is 0.305. The zero-order chi connectivity index (χ0) is 19.9. The van der Waals surface area contributed by atoms with E-state index in [2.05, 4.69) is 5.32 Å². The SMILES string of the molecule is CC(=O)Nc1ccc([As](=O)(O)O)c(O)c1.COc1ccccc1C(=O)O. The number of carbonyl (C=O) groups is 2. The quantitative estimate of drug-likeness (QED) is 0.437. The number of anilines is 1. The summed E-state index contributed by atoms with van der Waals surface area (Å²) >= 11 is -5.09. The zero-order valence-electron chi connectivity index (χ0n) is 13.9. The van der Waals surface area contributed by atoms with E-state index in [9.17, 15) is 18.4 Å². The summed E-state index contributed by atoms with van der Waals surface area (Å²) in [5.74, 6) is -1.43. The van der Waals surface area contributed by atoms with E-state index in [1.807, 2.05) is 0 Å². The Morgan fingerprint density at radius 2 is 1.73 bits per heavy atom. The average Bonchev–Trinajstić information content (AvgIpc) is 2.53. The molecule has 0 heterocycles. The molecule has 140 valence electrons. The Balaban J connectivity index is 0.000000273. The van der Waals surface area contributed by atoms with Crippen LogP contribution in [0.15, 0.2) is 42.5 Å². The molecule has 26 heavy (non-hydrogen) atoms. The number of rotatable bonds is 4. The molecule has 0 fully saturated rings. The van der Waals surface area contributed by atoms with Crippen LogP contribution in [0.5, 0.6) is 11.5 Å². The van der Waals surface area contributed by atoms with E-state index in [1.54, 1.807) is 18.2 Å². The molecule has 0 aliphatic carbocycles. The maximum atomic E-state index is 10.9. The van der Waals surface area contributed by atoms with Gasteiger partial charge in [-0.2, -0.15) is 0 Å². The van der Waals surface area contributed by atoms with Gasteiger partial charge in [0.2, 0.25) is 0 Å². The molecule has 2 aromatic carbocycles. The third-order valence-corrected chi connectivity index (χ3v) is 5.06. The van der Waals surface area contributed by atoms with Gasteiger partial charge in [-0.15, -0.1) is 0 Å². The number of methoxy groups -OCH3 is 1. The van der Waals surface area contributed by atoms with Crippen LogP contribution in [-0.4, -0.2) is 51.6 Å². The number of amides is 1. The van der Waals surface area contributed by atoms with Gasteiger partial charge in [0.05, 0.1) is 7.11 Å². The molecular formula is C16H18AsNO8. The molecule has 9 nitrogen and oxygen atoms in total. The van der Waals surface area contributed by atoms with Crippen molar-refractivity contribution in [2.75, 3.05) is 12.4 Å². The summed E-state index contributed by atoms with van der Waals surface area (Å²) in [6.07, 6.45) is 0. The molecule has 5 N–H and O–H groups in total. The third kappa shape index (κ3) is 6.28. The number of phenols is 1. The molecule has 0 radical (unpaired) electrons. The Morgan fingerprint density at radius 3 is 2.15 bits per heavy atom. The number of para-hydroxylation sites is 1. The van der Waals surface area contributed by atoms with Gasteiger partial charge in [0.25, 0.3) is 0 Å². The van der Waals surface area contributed by atoms with Crippen molar-refractivity contribution in [3.8, 4) is 11.5 Å². The monoisotopic (exact) mass is 427 g/mol. The van der Waals surface area contributed by atoms with Crippen LogP contribution in [-0.2, 0) is 8.53 Å². The Hall–Kier alpha value is -2.74. The number of phenolic OH excluding ortho intramolecular Hbond substituents is 1. The van der Waals surface area contributed by atoms with Gasteiger partial charge in [-0.3, -0.25) is 0 Å². The smallest absolute Gasteiger partial charge is 0.339 e. The van der Waals surface area contributed by atoms with Crippen LogP contribution in [0.25, 0.3) is 0 Å². The molecular weight excluding hydrogens is 409 g/mol. The number of aromatic hydroxyl groups is 1. The van der Waals surface area contributed by atoms with Crippen molar-refractivity contribution in [2.45, 2.75) is 6.92 Å². The van der Waals surface area contributed by atoms with E-state index in [0.717, 1.165) is 12.1 Å². The second-order valence-corrected chi connectivity index (χ2v) is 8.23. The van der Waals surface area contributed by atoms with Gasteiger partial charge in [-0.25, -0.2) is 4.79 Å². The molecule has 0 bridgehead atoms. The summed E-state index contributed by atoms with van der Waals surface area (Å²) in [6, 6.07) is 10.0. The Labute approximate surface area is 151 Å². The number of carbonyl (C=O) groups excluding carboxylic acids is 1. The summed E-state index contributed by atoms with van der Waals surface area (Å²) in [7, 11) is 1.45. The van der Waals surface area contributed by atoms with Crippen LogP contribution in [0.4, 0.5) is 5.69 Å². The fourth-order valence-electron chi connectivity index (χ4n) is 1.87. The maximum Gasteiger partial charge on any atom is 0.339 e. The molecule has 0 aliphatic heterocycles. The third-order valence-electron chi connectivity index (χ3n) is 2.95. The first-order chi connectivity index (χ1) is 12.1. The van der Waals surface area contributed by atoms with Gasteiger partial charge < -0.3 is 9.84 Å². The number of aromatic carboxylic acids is 1. The molecule has 0 unspecified atom stereocenters. The van der Waals surface area contributed by atoms with E-state index in [1.165, 1.54) is 26.2 Å². The van der Waals surface area contributed by atoms with E-state index >= 15 is 0 Å². The minimum absolute atomic E-state index is 0.190. The molecule has 0 saturated carbocycles. The van der Waals surface area contributed by atoms with Crippen molar-refractivity contribution < 1.29 is 36.5 Å². The number of hydrogen-bond donors (Lipinski definition) is 5. The predicted molar refractivity (Wildman–Crippen MR) is 92.9 cm³/mol. The van der Waals surface area contributed by atoms with Crippen molar-refractivity contribution in [3.05, 3.63) is 48.0 Å². The van der Waals surface area contributed by atoms with Crippen LogP contribution in [0.3, 0.4) is 0 Å². The number of nitrogens with one attached hydrogen (secondary N) is 1. The van der Waals surface area contributed by atoms with Crippen LogP contribution in [0.1, 0.15) is 17.3 Å². The molecule has 1 amide bonds. The van der Waals surface area contributed by atoms with E-state index < -0.39 is 30.2 Å². The van der Waals surface area contributed by atoms with Crippen molar-refractivity contribution >= 4 is 36.1 Å². The fourth-order valence-corrected chi connectivity index (χ4v) is 3.20. The van der Waals surface area contributed by atoms with Gasteiger partial charge in [-0.05, 0) is 12.1 Å². The van der Waals surface area contributed by atoms with Gasteiger partial charge in [0.15, 0.2) is 0 Å². The first-order valence-electron chi connectivity index (χ1n) is 7.09. The number of carboxylic acids is 1. The van der Waals surface area contributed by atoms with Gasteiger partial charge in [0.1, 0.15) is 11.3 Å². The summed E-state index contributed by atoms with van der Waals surface area (Å²) in [5.41, 5.74) is 0.475. The first kappa shape index (κ1) is 21.3. The summed E-state index contributed by atoms with van der Waals surface area (Å²) in [4.78, 5) is 21.2. The normalized spacial score (nSPS) is 10.3. The standard InChI is InChI=1S/C8H10AsNO5.C8H8O3/c1-5(11)10-6-2-3-7(8(12)4-6)9(13,14)15;1-11-7-5-3-2-4-6(7)8(9)10/h2-4,12H,1H3,(H,10,11)(H2,13,14,15);2-5H,1H3,(H,9,10). The molecule has 0 saturated heterocycles. The number of carboxylic acid groups (broad SMARTS) is 1. The number of ether oxygens (including phenoxy) is 1. The average molecular weight is 427 g/mol. The van der Waals surface area contributed by atoms with E-state index in [4.69, 9.17) is 18.0 Å². The molecule has 0 atom stereocenters. The van der Waals surface area contributed by atoms with Crippen LogP contribution in [0.2, 0.25) is 0 Å². The van der Waals surface area contributed by atoms with Crippen LogP contribution >= 0.6 is 0 Å². The van der Waals surface area contributed by atoms with E-state index in [0.29, 0.717) is 5.75 Å². The zero-order valence-corrected chi connectivity index (χ0v) is 15.8. The topological polar surface area (TPSA) is 153 Å². The molecule has 2 aromatic rings. The Kier molecular flexibility index (Phi) is 7.45. The number of hydrogen-bond acceptors (Lipinski definition) is 5. The summed E-state index contributed by atoms with van der Waals surface area (Å²) in [6.45, 7) is 1.29. The number of benzene rings is 2. The minimum atomic E-state index is -5.09. The first-order valence-corrected chi connectivity index (χ1v) is 10.5. The molecule has 0 aliphatic rings. The maximum absolute atomic E-state index is 10.9. The van der Waals surface area contributed by atoms with Crippen molar-refractivity contribution in [2.24, 2.45) is 0 Å². The van der Waals surface area contributed by atoms with Gasteiger partial charge >= 0.3 is 94.1 Å². The van der Waals surface area contributed by atoms with E-state index in [-0.39, 0.29) is 17.2 Å². The fraction of sp³-hybridized carbons (Fsp3) is 0.125. The summed E-state index contributed by atoms with van der Waals surface area (Å²) in [5, 5.41) is 20.3. The summed E-state index contributed by atoms with van der Waals surface area (Å²) < 4.78 is 33.1. The van der Waals surface area contributed by atoms with Crippen molar-refractivity contribution in [1.29, 1.82) is 0 Å². The van der Waals surface area contributed by atoms with Crippen LogP contribution in [0, 0.1) is 0 Å².